The molecule has 1 atom stereocenters. The predicted octanol–water partition coefficient (Wildman–Crippen LogP) is 3.18. The maximum atomic E-state index is 11.9. The first-order chi connectivity index (χ1) is 8.58. The third kappa shape index (κ3) is 3.25. The van der Waals surface area contributed by atoms with Gasteiger partial charge in [-0.3, -0.25) is 4.79 Å². The monoisotopic (exact) mass is 310 g/mol. The number of likely N-dealkylation sites (tertiary alicyclic amines) is 1. The van der Waals surface area contributed by atoms with Crippen LogP contribution in [0.5, 0.6) is 0 Å². The van der Waals surface area contributed by atoms with Crippen molar-refractivity contribution in [2.24, 2.45) is 5.92 Å². The lowest BCUT2D eigenvalue weighted by Gasteiger charge is -2.17. The fraction of sp³-hybridized carbons (Fsp3) is 0.500. The molecular formula is C14H19BrN2O. The van der Waals surface area contributed by atoms with Crippen molar-refractivity contribution in [1.29, 1.82) is 0 Å². The number of anilines is 1. The van der Waals surface area contributed by atoms with E-state index in [4.69, 9.17) is 5.73 Å². The summed E-state index contributed by atoms with van der Waals surface area (Å²) in [6.45, 7) is 3.73. The first kappa shape index (κ1) is 13.4. The second kappa shape index (κ2) is 5.74. The molecule has 1 aromatic rings. The third-order valence-electron chi connectivity index (χ3n) is 3.34. The molecule has 98 valence electrons. The molecule has 1 aliphatic heterocycles. The zero-order valence-corrected chi connectivity index (χ0v) is 12.2. The highest BCUT2D eigenvalue weighted by Crippen LogP contribution is 2.25. The number of rotatable bonds is 4. The Labute approximate surface area is 116 Å². The van der Waals surface area contributed by atoms with Crippen molar-refractivity contribution in [3.8, 4) is 0 Å². The summed E-state index contributed by atoms with van der Waals surface area (Å²) < 4.78 is 0.967. The highest BCUT2D eigenvalue weighted by molar-refractivity contribution is 9.10. The average molecular weight is 311 g/mol. The number of nitrogen functional groups attached to an aromatic ring is 1. The quantitative estimate of drug-likeness (QED) is 0.868. The predicted molar refractivity (Wildman–Crippen MR) is 77.0 cm³/mol. The van der Waals surface area contributed by atoms with Gasteiger partial charge in [0.25, 0.3) is 0 Å². The van der Waals surface area contributed by atoms with Crippen LogP contribution in [0.1, 0.15) is 31.7 Å². The van der Waals surface area contributed by atoms with Crippen LogP contribution >= 0.6 is 15.9 Å². The largest absolute Gasteiger partial charge is 0.399 e. The van der Waals surface area contributed by atoms with Crippen molar-refractivity contribution in [3.05, 3.63) is 28.2 Å². The second-order valence-corrected chi connectivity index (χ2v) is 5.94. The van der Waals surface area contributed by atoms with Gasteiger partial charge in [-0.15, -0.1) is 0 Å². The molecule has 1 unspecified atom stereocenters. The Hall–Kier alpha value is -1.03. The SMILES string of the molecule is CCCC1CC(=O)N(Cc2cc(N)cc(Br)c2)C1. The molecule has 0 saturated carbocycles. The summed E-state index contributed by atoms with van der Waals surface area (Å²) in [5.74, 6) is 0.805. The summed E-state index contributed by atoms with van der Waals surface area (Å²) >= 11 is 3.43. The molecule has 18 heavy (non-hydrogen) atoms. The van der Waals surface area contributed by atoms with E-state index in [0.717, 1.165) is 35.1 Å². The van der Waals surface area contributed by atoms with Crippen molar-refractivity contribution in [2.75, 3.05) is 12.3 Å². The van der Waals surface area contributed by atoms with Crippen molar-refractivity contribution < 1.29 is 4.79 Å². The molecule has 3 nitrogen and oxygen atoms in total. The molecule has 0 aliphatic carbocycles. The summed E-state index contributed by atoms with van der Waals surface area (Å²) in [6, 6.07) is 5.83. The number of halogens is 1. The van der Waals surface area contributed by atoms with Crippen LogP contribution in [0.25, 0.3) is 0 Å². The Morgan fingerprint density at radius 2 is 2.22 bits per heavy atom. The molecule has 1 aromatic carbocycles. The van der Waals surface area contributed by atoms with E-state index in [1.54, 1.807) is 0 Å². The molecule has 4 heteroatoms. The van der Waals surface area contributed by atoms with Gasteiger partial charge in [-0.1, -0.05) is 29.3 Å². The molecule has 0 radical (unpaired) electrons. The van der Waals surface area contributed by atoms with Crippen LogP contribution in [0.3, 0.4) is 0 Å². The molecule has 1 saturated heterocycles. The van der Waals surface area contributed by atoms with Crippen molar-refractivity contribution in [2.45, 2.75) is 32.7 Å². The fourth-order valence-corrected chi connectivity index (χ4v) is 3.15. The first-order valence-electron chi connectivity index (χ1n) is 6.41. The number of hydrogen-bond acceptors (Lipinski definition) is 2. The Bertz CT molecular complexity index is 427. The Balaban J connectivity index is 2.03. The van der Waals surface area contributed by atoms with Crippen LogP contribution in [-0.2, 0) is 11.3 Å². The Morgan fingerprint density at radius 3 is 2.89 bits per heavy atom. The summed E-state index contributed by atoms with van der Waals surface area (Å²) in [7, 11) is 0. The Morgan fingerprint density at radius 1 is 1.44 bits per heavy atom. The van der Waals surface area contributed by atoms with Crippen LogP contribution < -0.4 is 5.73 Å². The van der Waals surface area contributed by atoms with Gasteiger partial charge in [-0.05, 0) is 36.1 Å². The van der Waals surface area contributed by atoms with E-state index < -0.39 is 0 Å². The molecule has 1 heterocycles. The zero-order chi connectivity index (χ0) is 13.1. The van der Waals surface area contributed by atoms with Crippen LogP contribution in [0.2, 0.25) is 0 Å². The zero-order valence-electron chi connectivity index (χ0n) is 10.7. The molecule has 0 bridgehead atoms. The third-order valence-corrected chi connectivity index (χ3v) is 3.80. The van der Waals surface area contributed by atoms with E-state index in [2.05, 4.69) is 22.9 Å². The molecule has 0 aromatic heterocycles. The normalized spacial score (nSPS) is 19.6. The molecule has 1 amide bonds. The topological polar surface area (TPSA) is 46.3 Å². The van der Waals surface area contributed by atoms with Gasteiger partial charge in [0.2, 0.25) is 5.91 Å². The van der Waals surface area contributed by atoms with Crippen molar-refractivity contribution in [1.82, 2.24) is 4.90 Å². The van der Waals surface area contributed by atoms with Gasteiger partial charge in [-0.25, -0.2) is 0 Å². The highest BCUT2D eigenvalue weighted by atomic mass is 79.9. The van der Waals surface area contributed by atoms with Crippen LogP contribution in [0.15, 0.2) is 22.7 Å². The fourth-order valence-electron chi connectivity index (χ4n) is 2.60. The maximum absolute atomic E-state index is 11.9. The lowest BCUT2D eigenvalue weighted by atomic mass is 10.0. The van der Waals surface area contributed by atoms with Gasteiger partial charge in [0, 0.05) is 29.7 Å². The van der Waals surface area contributed by atoms with Crippen molar-refractivity contribution in [3.63, 3.8) is 0 Å². The molecule has 1 fully saturated rings. The lowest BCUT2D eigenvalue weighted by molar-refractivity contribution is -0.128. The smallest absolute Gasteiger partial charge is 0.223 e. The number of nitrogens with zero attached hydrogens (tertiary/aromatic N) is 1. The van der Waals surface area contributed by atoms with E-state index in [1.165, 1.54) is 0 Å². The second-order valence-electron chi connectivity index (χ2n) is 5.03. The highest BCUT2D eigenvalue weighted by Gasteiger charge is 2.28. The molecule has 1 aliphatic rings. The van der Waals surface area contributed by atoms with Gasteiger partial charge in [0.1, 0.15) is 0 Å². The van der Waals surface area contributed by atoms with Gasteiger partial charge in [0.05, 0.1) is 0 Å². The number of amides is 1. The molecule has 0 spiro atoms. The van der Waals surface area contributed by atoms with Crippen molar-refractivity contribution >= 4 is 27.5 Å². The summed E-state index contributed by atoms with van der Waals surface area (Å²) in [6.07, 6.45) is 3.00. The number of carbonyl (C=O) groups is 1. The van der Waals surface area contributed by atoms with Crippen LogP contribution in [-0.4, -0.2) is 17.4 Å². The first-order valence-corrected chi connectivity index (χ1v) is 7.20. The van der Waals surface area contributed by atoms with E-state index in [-0.39, 0.29) is 5.91 Å². The minimum Gasteiger partial charge on any atom is -0.399 e. The maximum Gasteiger partial charge on any atom is 0.223 e. The van der Waals surface area contributed by atoms with Gasteiger partial charge >= 0.3 is 0 Å². The average Bonchev–Trinajstić information content (AvgIpc) is 2.58. The van der Waals surface area contributed by atoms with E-state index in [1.807, 2.05) is 23.1 Å². The van der Waals surface area contributed by atoms with Crippen LogP contribution in [0, 0.1) is 5.92 Å². The Kier molecular flexibility index (Phi) is 4.27. The van der Waals surface area contributed by atoms with E-state index in [0.29, 0.717) is 18.9 Å². The summed E-state index contributed by atoms with van der Waals surface area (Å²) in [4.78, 5) is 13.9. The summed E-state index contributed by atoms with van der Waals surface area (Å²) in [5.41, 5.74) is 7.63. The molecule has 2 N–H and O–H groups in total. The van der Waals surface area contributed by atoms with Gasteiger partial charge in [-0.2, -0.15) is 0 Å². The molecular weight excluding hydrogens is 292 g/mol. The summed E-state index contributed by atoms with van der Waals surface area (Å²) in [5, 5.41) is 0. The van der Waals surface area contributed by atoms with Gasteiger partial charge in [0.15, 0.2) is 0 Å². The van der Waals surface area contributed by atoms with E-state index >= 15 is 0 Å². The van der Waals surface area contributed by atoms with Gasteiger partial charge < -0.3 is 10.6 Å². The number of hydrogen-bond donors (Lipinski definition) is 1. The number of carbonyl (C=O) groups excluding carboxylic acids is 1. The minimum atomic E-state index is 0.270. The molecule has 2 rings (SSSR count). The lowest BCUT2D eigenvalue weighted by Crippen LogP contribution is -2.24. The van der Waals surface area contributed by atoms with Crippen LogP contribution in [0.4, 0.5) is 5.69 Å². The number of benzene rings is 1. The van der Waals surface area contributed by atoms with E-state index in [9.17, 15) is 4.79 Å². The number of nitrogens with two attached hydrogens (primary N) is 1. The standard InChI is InChI=1S/C14H19BrN2O/c1-2-3-10-6-14(18)17(8-10)9-11-4-12(15)7-13(16)5-11/h4-5,7,10H,2-3,6,8-9,16H2,1H3. The minimum absolute atomic E-state index is 0.270.